The van der Waals surface area contributed by atoms with Crippen molar-refractivity contribution in [2.45, 2.75) is 72.9 Å². The summed E-state index contributed by atoms with van der Waals surface area (Å²) in [6.07, 6.45) is 3.42. The molecule has 0 aliphatic carbocycles. The zero-order valence-electron chi connectivity index (χ0n) is 24.1. The number of hydrogen-bond donors (Lipinski definition) is 0. The Hall–Kier alpha value is -4.14. The van der Waals surface area contributed by atoms with Crippen LogP contribution < -0.4 is 0 Å². The number of aldehydes is 1. The number of ether oxygens (including phenoxy) is 1. The van der Waals surface area contributed by atoms with Gasteiger partial charge in [-0.3, -0.25) is 14.8 Å². The monoisotopic (exact) mass is 543 g/mol. The summed E-state index contributed by atoms with van der Waals surface area (Å²) >= 11 is 0. The van der Waals surface area contributed by atoms with Crippen molar-refractivity contribution in [1.82, 2.24) is 19.7 Å². The van der Waals surface area contributed by atoms with E-state index in [-0.39, 0.29) is 23.7 Å². The molecule has 0 aliphatic heterocycles. The number of fused-ring (bicyclic) bond motifs is 1. The van der Waals surface area contributed by atoms with Crippen LogP contribution in [-0.4, -0.2) is 51.3 Å². The largest absolute Gasteiger partial charge is 0.465 e. The molecule has 1 aromatic carbocycles. The van der Waals surface area contributed by atoms with Crippen LogP contribution in [0.3, 0.4) is 0 Å². The number of hydrogen-bond acceptors (Lipinski definition) is 8. The van der Waals surface area contributed by atoms with Gasteiger partial charge in [-0.25, -0.2) is 0 Å². The number of rotatable bonds is 12. The van der Waals surface area contributed by atoms with Gasteiger partial charge in [-0.05, 0) is 61.9 Å². The normalized spacial score (nSPS) is 12.6. The number of esters is 1. The van der Waals surface area contributed by atoms with Crippen LogP contribution in [0.4, 0.5) is 0 Å². The summed E-state index contributed by atoms with van der Waals surface area (Å²) in [5, 5.41) is 5.24. The van der Waals surface area contributed by atoms with E-state index in [4.69, 9.17) is 14.2 Å². The zero-order valence-corrected chi connectivity index (χ0v) is 24.1. The SMILES string of the molecule is C=NC(C=O)Cc1nc(-c2ccc3c(c2)c(CC(C)(C)COC(C)=O)c(-c2cccnc2C(C)C)n3CC)no1. The predicted molar refractivity (Wildman–Crippen MR) is 155 cm³/mol. The third-order valence-corrected chi connectivity index (χ3v) is 6.95. The molecule has 210 valence electrons. The molecule has 0 saturated carbocycles. The lowest BCUT2D eigenvalue weighted by molar-refractivity contribution is -0.143. The molecule has 3 heterocycles. The van der Waals surface area contributed by atoms with Crippen LogP contribution in [0.2, 0.25) is 0 Å². The topological polar surface area (TPSA) is 112 Å². The highest BCUT2D eigenvalue weighted by Crippen LogP contribution is 2.41. The second-order valence-corrected chi connectivity index (χ2v) is 11.1. The van der Waals surface area contributed by atoms with Crippen molar-refractivity contribution in [2.75, 3.05) is 6.61 Å². The minimum absolute atomic E-state index is 0.202. The lowest BCUT2D eigenvalue weighted by Crippen LogP contribution is -2.24. The molecule has 0 N–H and O–H groups in total. The van der Waals surface area contributed by atoms with E-state index >= 15 is 0 Å². The first-order valence-electron chi connectivity index (χ1n) is 13.6. The van der Waals surface area contributed by atoms with Gasteiger partial charge < -0.3 is 18.6 Å². The third kappa shape index (κ3) is 6.03. The van der Waals surface area contributed by atoms with Crippen LogP contribution >= 0.6 is 0 Å². The van der Waals surface area contributed by atoms with Crippen LogP contribution in [-0.2, 0) is 33.7 Å². The van der Waals surface area contributed by atoms with E-state index in [0.717, 1.165) is 45.5 Å². The fourth-order valence-electron chi connectivity index (χ4n) is 5.07. The second kappa shape index (κ2) is 11.9. The van der Waals surface area contributed by atoms with E-state index in [0.29, 0.717) is 31.0 Å². The first-order valence-corrected chi connectivity index (χ1v) is 13.6. The maximum Gasteiger partial charge on any atom is 0.302 e. The number of nitrogens with zero attached hydrogens (tertiary/aromatic N) is 5. The van der Waals surface area contributed by atoms with Crippen molar-refractivity contribution >= 4 is 29.9 Å². The van der Waals surface area contributed by atoms with Crippen molar-refractivity contribution in [3.05, 3.63) is 53.7 Å². The van der Waals surface area contributed by atoms with Gasteiger partial charge in [0.25, 0.3) is 0 Å². The molecule has 3 aromatic heterocycles. The quantitative estimate of drug-likeness (QED) is 0.125. The highest BCUT2D eigenvalue weighted by molar-refractivity contribution is 5.94. The first kappa shape index (κ1) is 28.9. The van der Waals surface area contributed by atoms with Gasteiger partial charge in [0.05, 0.1) is 24.4 Å². The maximum atomic E-state index is 11.6. The standard InChI is InChI=1S/C31H37N5O4/c1-8-36-26-12-11-21(30-34-27(40-35-30)15-22(17-37)32-7)14-24(26)25(16-31(5,6)18-39-20(4)38)29(36)23-10-9-13-33-28(23)19(2)3/h9-14,17,19,22H,7-8,15-16,18H2,1-6H3. The summed E-state index contributed by atoms with van der Waals surface area (Å²) in [4.78, 5) is 35.9. The van der Waals surface area contributed by atoms with Gasteiger partial charge in [-0.2, -0.15) is 4.98 Å². The summed E-state index contributed by atoms with van der Waals surface area (Å²) in [7, 11) is 0. The van der Waals surface area contributed by atoms with Crippen molar-refractivity contribution in [3.63, 3.8) is 0 Å². The van der Waals surface area contributed by atoms with E-state index < -0.39 is 6.04 Å². The molecular formula is C31H37N5O4. The molecule has 0 saturated heterocycles. The Bertz CT molecular complexity index is 1520. The second-order valence-electron chi connectivity index (χ2n) is 11.1. The Labute approximate surface area is 234 Å². The van der Waals surface area contributed by atoms with Crippen molar-refractivity contribution in [2.24, 2.45) is 10.4 Å². The molecule has 1 atom stereocenters. The number of benzene rings is 1. The minimum atomic E-state index is -0.627. The Morgan fingerprint density at radius 3 is 2.70 bits per heavy atom. The average Bonchev–Trinajstić information content (AvgIpc) is 3.52. The van der Waals surface area contributed by atoms with Crippen LogP contribution in [0.1, 0.15) is 64.6 Å². The molecule has 9 heteroatoms. The Morgan fingerprint density at radius 1 is 1.27 bits per heavy atom. The van der Waals surface area contributed by atoms with Crippen LogP contribution in [0, 0.1) is 5.41 Å². The number of pyridine rings is 1. The van der Waals surface area contributed by atoms with Crippen molar-refractivity contribution in [3.8, 4) is 22.6 Å². The minimum Gasteiger partial charge on any atom is -0.465 e. The summed E-state index contributed by atoms with van der Waals surface area (Å²) in [5.74, 6) is 0.698. The lowest BCUT2D eigenvalue weighted by Gasteiger charge is -2.25. The molecule has 0 spiro atoms. The van der Waals surface area contributed by atoms with Gasteiger partial charge in [-0.15, -0.1) is 0 Å². The molecule has 4 aromatic rings. The van der Waals surface area contributed by atoms with Crippen LogP contribution in [0.25, 0.3) is 33.5 Å². The Kier molecular flexibility index (Phi) is 8.61. The maximum absolute atomic E-state index is 11.6. The van der Waals surface area contributed by atoms with Gasteiger partial charge in [0.1, 0.15) is 12.3 Å². The van der Waals surface area contributed by atoms with Gasteiger partial charge in [0.15, 0.2) is 0 Å². The fourth-order valence-corrected chi connectivity index (χ4v) is 5.07. The van der Waals surface area contributed by atoms with Gasteiger partial charge in [0.2, 0.25) is 11.7 Å². The van der Waals surface area contributed by atoms with Crippen LogP contribution in [0.15, 0.2) is 46.0 Å². The number of aryl methyl sites for hydroxylation is 1. The molecule has 0 amide bonds. The van der Waals surface area contributed by atoms with Gasteiger partial charge >= 0.3 is 5.97 Å². The van der Waals surface area contributed by atoms with Crippen molar-refractivity contribution in [1.29, 1.82) is 0 Å². The number of carbonyl (C=O) groups excluding carboxylic acids is 2. The number of carbonyl (C=O) groups is 2. The molecule has 0 aliphatic rings. The van der Waals surface area contributed by atoms with Gasteiger partial charge in [0, 0.05) is 47.1 Å². The summed E-state index contributed by atoms with van der Waals surface area (Å²) in [6, 6.07) is 9.64. The summed E-state index contributed by atoms with van der Waals surface area (Å²) < 4.78 is 13.2. The van der Waals surface area contributed by atoms with Crippen LogP contribution in [0.5, 0.6) is 0 Å². The smallest absolute Gasteiger partial charge is 0.302 e. The molecule has 0 radical (unpaired) electrons. The molecule has 40 heavy (non-hydrogen) atoms. The van der Waals surface area contributed by atoms with E-state index in [1.807, 2.05) is 18.3 Å². The lowest BCUT2D eigenvalue weighted by atomic mass is 9.84. The summed E-state index contributed by atoms with van der Waals surface area (Å²) in [6.45, 7) is 16.6. The Balaban J connectivity index is 1.91. The highest BCUT2D eigenvalue weighted by atomic mass is 16.5. The van der Waals surface area contributed by atoms with Crippen molar-refractivity contribution < 1.29 is 18.8 Å². The average molecular weight is 544 g/mol. The summed E-state index contributed by atoms with van der Waals surface area (Å²) in [5.41, 5.74) is 5.93. The molecule has 4 rings (SSSR count). The number of aromatic nitrogens is 4. The molecular weight excluding hydrogens is 506 g/mol. The fraction of sp³-hybridized carbons (Fsp3) is 0.419. The predicted octanol–water partition coefficient (Wildman–Crippen LogP) is 5.84. The van der Waals surface area contributed by atoms with E-state index in [1.165, 1.54) is 6.92 Å². The molecule has 9 nitrogen and oxygen atoms in total. The number of aliphatic imine (C=N–C) groups is 1. The molecule has 0 fully saturated rings. The third-order valence-electron chi connectivity index (χ3n) is 6.95. The highest BCUT2D eigenvalue weighted by Gasteiger charge is 2.28. The van der Waals surface area contributed by atoms with E-state index in [9.17, 15) is 9.59 Å². The van der Waals surface area contributed by atoms with Gasteiger partial charge in [-0.1, -0.05) is 32.9 Å². The molecule has 1 unspecified atom stereocenters. The Morgan fingerprint density at radius 2 is 2.05 bits per heavy atom. The van der Waals surface area contributed by atoms with E-state index in [1.54, 1.807) is 0 Å². The van der Waals surface area contributed by atoms with E-state index in [2.05, 4.69) is 79.2 Å². The molecule has 0 bridgehead atoms. The first-order chi connectivity index (χ1) is 19.1. The zero-order chi connectivity index (χ0) is 29.0.